The van der Waals surface area contributed by atoms with Crippen molar-refractivity contribution in [1.82, 2.24) is 14.5 Å². The number of imidazole rings is 1. The fourth-order valence-corrected chi connectivity index (χ4v) is 5.36. The first kappa shape index (κ1) is 21.2. The molecule has 1 saturated heterocycles. The lowest BCUT2D eigenvalue weighted by molar-refractivity contribution is -0.155. The van der Waals surface area contributed by atoms with E-state index in [2.05, 4.69) is 15.0 Å². The topological polar surface area (TPSA) is 62.9 Å². The number of phenolic OH excluding ortho intramolecular Hbond substituents is 1. The predicted molar refractivity (Wildman–Crippen MR) is 125 cm³/mol. The number of aryl methyl sites for hydroxylation is 1. The zero-order chi connectivity index (χ0) is 21.9. The molecule has 6 nitrogen and oxygen atoms in total. The highest BCUT2D eigenvalue weighted by atomic mass is 19.1. The molecule has 2 atom stereocenters. The number of phenols is 1. The Morgan fingerprint density at radius 2 is 2.09 bits per heavy atom. The summed E-state index contributed by atoms with van der Waals surface area (Å²) in [5.74, 6) is 0.972. The highest BCUT2D eigenvalue weighted by Crippen LogP contribution is 2.53. The molecule has 0 amide bonds. The molecular formula is C26H27FN4O2. The Labute approximate surface area is 192 Å². The molecule has 7 heteroatoms. The number of aromatic hydroxyl groups is 1. The van der Waals surface area contributed by atoms with Gasteiger partial charge in [0.2, 0.25) is 5.72 Å². The van der Waals surface area contributed by atoms with Crippen LogP contribution < -0.4 is 0 Å². The molecule has 0 bridgehead atoms. The normalized spacial score (nSPS) is 22.9. The molecule has 6 rings (SSSR count). The molecule has 2 aromatic carbocycles. The number of hydrogen-bond acceptors (Lipinski definition) is 5. The van der Waals surface area contributed by atoms with Crippen molar-refractivity contribution in [3.63, 3.8) is 0 Å². The van der Waals surface area contributed by atoms with Gasteiger partial charge in [-0.1, -0.05) is 24.7 Å². The fraction of sp³-hybridized carbons (Fsp3) is 0.308. The van der Waals surface area contributed by atoms with Crippen LogP contribution in [0.1, 0.15) is 42.7 Å². The molecule has 3 aromatic rings. The fourth-order valence-electron chi connectivity index (χ4n) is 5.36. The Morgan fingerprint density at radius 1 is 1.21 bits per heavy atom. The zero-order valence-electron chi connectivity index (χ0n) is 17.7. The van der Waals surface area contributed by atoms with E-state index in [0.717, 1.165) is 54.0 Å². The first-order chi connectivity index (χ1) is 15.5. The third kappa shape index (κ3) is 3.22. The largest absolute Gasteiger partial charge is 0.506 e. The lowest BCUT2D eigenvalue weighted by atomic mass is 9.86. The van der Waals surface area contributed by atoms with Crippen molar-refractivity contribution >= 4 is 11.9 Å². The van der Waals surface area contributed by atoms with Crippen molar-refractivity contribution in [2.75, 3.05) is 6.54 Å². The number of nitrogens with zero attached hydrogens (tertiary/aromatic N) is 4. The van der Waals surface area contributed by atoms with Crippen LogP contribution in [0.15, 0.2) is 60.2 Å². The summed E-state index contributed by atoms with van der Waals surface area (Å²) in [5, 5.41) is 14.9. The maximum absolute atomic E-state index is 13.8. The number of amidine groups is 1. The molecule has 33 heavy (non-hydrogen) atoms. The van der Waals surface area contributed by atoms with Crippen LogP contribution in [0, 0.1) is 18.7 Å². The van der Waals surface area contributed by atoms with Crippen LogP contribution in [-0.4, -0.2) is 31.9 Å². The number of aromatic nitrogens is 2. The molecule has 1 N–H and O–H groups in total. The second kappa shape index (κ2) is 7.76. The Morgan fingerprint density at radius 3 is 2.88 bits per heavy atom. The minimum absolute atomic E-state index is 0. The van der Waals surface area contributed by atoms with Gasteiger partial charge in [0.15, 0.2) is 5.84 Å². The molecule has 1 fully saturated rings. The van der Waals surface area contributed by atoms with E-state index in [1.165, 1.54) is 6.07 Å². The number of rotatable bonds is 3. The van der Waals surface area contributed by atoms with Crippen LogP contribution >= 0.6 is 0 Å². The van der Waals surface area contributed by atoms with Crippen LogP contribution in [0.3, 0.4) is 0 Å². The minimum atomic E-state index is -0.633. The quantitative estimate of drug-likeness (QED) is 0.605. The second-order valence-electron chi connectivity index (χ2n) is 8.74. The van der Waals surface area contributed by atoms with E-state index in [1.807, 2.05) is 43.5 Å². The SMILES string of the molecule is C.Cc1cn(-c2ccc(/C=C/C3=NO[C@@]45c6ccc(F)cc6C[C@@H]4CCCN35)cc2O)cn1. The molecular weight excluding hydrogens is 419 g/mol. The average molecular weight is 447 g/mol. The van der Waals surface area contributed by atoms with Gasteiger partial charge in [-0.05, 0) is 73.7 Å². The van der Waals surface area contributed by atoms with Crippen molar-refractivity contribution in [2.24, 2.45) is 11.1 Å². The van der Waals surface area contributed by atoms with E-state index in [4.69, 9.17) is 4.84 Å². The third-order valence-corrected chi connectivity index (χ3v) is 6.78. The summed E-state index contributed by atoms with van der Waals surface area (Å²) in [6.07, 6.45) is 10.3. The lowest BCUT2D eigenvalue weighted by Gasteiger charge is -2.42. The van der Waals surface area contributed by atoms with E-state index in [1.54, 1.807) is 23.0 Å². The third-order valence-electron chi connectivity index (χ3n) is 6.78. The smallest absolute Gasteiger partial charge is 0.240 e. The minimum Gasteiger partial charge on any atom is -0.506 e. The summed E-state index contributed by atoms with van der Waals surface area (Å²) >= 11 is 0. The summed E-state index contributed by atoms with van der Waals surface area (Å²) in [7, 11) is 0. The van der Waals surface area contributed by atoms with Gasteiger partial charge in [-0.3, -0.25) is 0 Å². The number of benzene rings is 2. The van der Waals surface area contributed by atoms with E-state index >= 15 is 0 Å². The molecule has 0 unspecified atom stereocenters. The first-order valence-corrected chi connectivity index (χ1v) is 10.9. The summed E-state index contributed by atoms with van der Waals surface area (Å²) in [5.41, 5.74) is 3.82. The Balaban J connectivity index is 0.00000228. The Hall–Kier alpha value is -3.61. The van der Waals surface area contributed by atoms with Crippen molar-refractivity contribution in [3.8, 4) is 11.4 Å². The van der Waals surface area contributed by atoms with Gasteiger partial charge in [-0.15, -0.1) is 0 Å². The van der Waals surface area contributed by atoms with Gasteiger partial charge in [-0.2, -0.15) is 0 Å². The summed E-state index contributed by atoms with van der Waals surface area (Å²) in [6, 6.07) is 10.5. The number of piperidine rings is 1. The maximum Gasteiger partial charge on any atom is 0.240 e. The van der Waals surface area contributed by atoms with Gasteiger partial charge in [0.05, 0.1) is 17.7 Å². The summed E-state index contributed by atoms with van der Waals surface area (Å²) in [6.45, 7) is 2.74. The standard InChI is InChI=1S/C25H23FN4O2.CH4/c1-16-14-29(15-27-16)22-8-4-17(11-23(22)31)5-9-24-28-32-25-19(3-2-10-30(24)25)12-18-13-20(26)6-7-21(18)25;/h4-9,11,13-15,19,31H,2-3,10,12H2,1H3;1H4/b9-5+;/t19-,25+;/m0./s1. The van der Waals surface area contributed by atoms with Gasteiger partial charge in [0.25, 0.3) is 0 Å². The van der Waals surface area contributed by atoms with E-state index < -0.39 is 5.72 Å². The number of halogens is 1. The molecule has 1 aromatic heterocycles. The summed E-state index contributed by atoms with van der Waals surface area (Å²) in [4.78, 5) is 12.5. The Bertz CT molecular complexity index is 1280. The van der Waals surface area contributed by atoms with Gasteiger partial charge < -0.3 is 19.4 Å². The zero-order valence-corrected chi connectivity index (χ0v) is 17.7. The first-order valence-electron chi connectivity index (χ1n) is 10.9. The Kier molecular flexibility index (Phi) is 5.00. The molecule has 2 aliphatic heterocycles. The van der Waals surface area contributed by atoms with Crippen LogP contribution in [0.5, 0.6) is 5.75 Å². The van der Waals surface area contributed by atoms with Gasteiger partial charge >= 0.3 is 0 Å². The van der Waals surface area contributed by atoms with E-state index in [9.17, 15) is 9.50 Å². The van der Waals surface area contributed by atoms with Gasteiger partial charge in [0, 0.05) is 24.2 Å². The molecule has 1 aliphatic carbocycles. The molecule has 0 radical (unpaired) electrons. The van der Waals surface area contributed by atoms with Gasteiger partial charge in [-0.25, -0.2) is 9.37 Å². The van der Waals surface area contributed by atoms with Crippen LogP contribution in [0.4, 0.5) is 4.39 Å². The highest BCUT2D eigenvalue weighted by molar-refractivity contribution is 5.97. The van der Waals surface area contributed by atoms with Crippen molar-refractivity contribution in [3.05, 3.63) is 83.2 Å². The monoisotopic (exact) mass is 446 g/mol. The predicted octanol–water partition coefficient (Wildman–Crippen LogP) is 5.14. The van der Waals surface area contributed by atoms with Gasteiger partial charge in [0.1, 0.15) is 11.6 Å². The van der Waals surface area contributed by atoms with E-state index in [-0.39, 0.29) is 24.9 Å². The van der Waals surface area contributed by atoms with Crippen molar-refractivity contribution in [1.29, 1.82) is 0 Å². The maximum atomic E-state index is 13.8. The van der Waals surface area contributed by atoms with Crippen LogP contribution in [0.25, 0.3) is 11.8 Å². The molecule has 1 spiro atoms. The molecule has 3 heterocycles. The summed E-state index contributed by atoms with van der Waals surface area (Å²) < 4.78 is 15.6. The molecule has 0 saturated carbocycles. The van der Waals surface area contributed by atoms with Crippen LogP contribution in [0.2, 0.25) is 0 Å². The molecule has 170 valence electrons. The highest BCUT2D eigenvalue weighted by Gasteiger charge is 2.58. The van der Waals surface area contributed by atoms with Crippen molar-refractivity contribution in [2.45, 2.75) is 39.3 Å². The average Bonchev–Trinajstić information content (AvgIpc) is 3.45. The number of oxime groups is 1. The second-order valence-corrected chi connectivity index (χ2v) is 8.74. The number of fused-ring (bicyclic) bond motifs is 1. The van der Waals surface area contributed by atoms with E-state index in [0.29, 0.717) is 5.69 Å². The van der Waals surface area contributed by atoms with Crippen LogP contribution in [-0.2, 0) is 17.0 Å². The van der Waals surface area contributed by atoms with Crippen molar-refractivity contribution < 1.29 is 14.3 Å². The molecule has 3 aliphatic rings. The number of hydrogen-bond donors (Lipinski definition) is 1. The lowest BCUT2D eigenvalue weighted by Crippen LogP contribution is -2.52.